The van der Waals surface area contributed by atoms with Crippen LogP contribution >= 0.6 is 0 Å². The van der Waals surface area contributed by atoms with Crippen molar-refractivity contribution in [2.75, 3.05) is 68.7 Å². The molecule has 0 spiro atoms. The summed E-state index contributed by atoms with van der Waals surface area (Å²) in [5.74, 6) is 2.96. The minimum atomic E-state index is -0.368. The molecule has 4 aliphatic rings. The Labute approximate surface area is 285 Å². The lowest BCUT2D eigenvalue weighted by Crippen LogP contribution is -2.58. The van der Waals surface area contributed by atoms with E-state index in [1.807, 2.05) is 24.1 Å². The maximum atomic E-state index is 13.3. The van der Waals surface area contributed by atoms with Gasteiger partial charge >= 0.3 is 0 Å². The Morgan fingerprint density at radius 2 is 1.81 bits per heavy atom. The van der Waals surface area contributed by atoms with Crippen LogP contribution in [0.4, 0.5) is 23.1 Å². The van der Waals surface area contributed by atoms with Gasteiger partial charge in [0.15, 0.2) is 5.82 Å². The third-order valence-electron chi connectivity index (χ3n) is 10.5. The second-order valence-corrected chi connectivity index (χ2v) is 14.5. The van der Waals surface area contributed by atoms with E-state index in [0.29, 0.717) is 52.8 Å². The van der Waals surface area contributed by atoms with Crippen LogP contribution in [0, 0.1) is 11.8 Å². The number of fused-ring (bicyclic) bond motifs is 1. The van der Waals surface area contributed by atoms with Crippen LogP contribution in [0.3, 0.4) is 0 Å². The van der Waals surface area contributed by atoms with Gasteiger partial charge in [0, 0.05) is 64.0 Å². The van der Waals surface area contributed by atoms with Crippen molar-refractivity contribution in [3.8, 4) is 5.75 Å². The summed E-state index contributed by atoms with van der Waals surface area (Å²) in [6, 6.07) is 5.86. The first kappa shape index (κ1) is 34.4. The fraction of sp³-hybridized carbons (Fsp3) is 0.667. The van der Waals surface area contributed by atoms with Crippen LogP contribution in [-0.2, 0) is 4.79 Å². The van der Waals surface area contributed by atoms with Crippen molar-refractivity contribution in [3.63, 3.8) is 0 Å². The third kappa shape index (κ3) is 8.03. The highest BCUT2D eigenvalue weighted by molar-refractivity contribution is 6.04. The van der Waals surface area contributed by atoms with Gasteiger partial charge in [-0.3, -0.25) is 19.5 Å². The van der Waals surface area contributed by atoms with Crippen molar-refractivity contribution < 1.29 is 14.3 Å². The number of nitrogens with one attached hydrogen (secondary N) is 3. The SMILES string of the molecule is CCC1C(=O)N(C)c2cnc(Nc3ccc(C(=O)NC4CCC(N5CCN(CC6CC6)CC5)CC4)cc3OC)nc2N1NCCC(C)C. The first-order chi connectivity index (χ1) is 23.2. The van der Waals surface area contributed by atoms with E-state index in [1.54, 1.807) is 31.3 Å². The minimum absolute atomic E-state index is 0.00684. The highest BCUT2D eigenvalue weighted by Gasteiger charge is 2.37. The van der Waals surface area contributed by atoms with Crippen LogP contribution in [0.5, 0.6) is 5.75 Å². The summed E-state index contributed by atoms with van der Waals surface area (Å²) < 4.78 is 5.70. The Kier molecular flexibility index (Phi) is 11.0. The second kappa shape index (κ2) is 15.4. The largest absolute Gasteiger partial charge is 0.495 e. The van der Waals surface area contributed by atoms with Gasteiger partial charge in [-0.2, -0.15) is 4.98 Å². The number of anilines is 4. The van der Waals surface area contributed by atoms with Gasteiger partial charge in [-0.1, -0.05) is 20.8 Å². The molecule has 3 heterocycles. The topological polar surface area (TPSA) is 118 Å². The smallest absolute Gasteiger partial charge is 0.251 e. The van der Waals surface area contributed by atoms with Gasteiger partial charge < -0.3 is 25.2 Å². The molecule has 0 radical (unpaired) electrons. The van der Waals surface area contributed by atoms with Crippen molar-refractivity contribution >= 4 is 35.0 Å². The van der Waals surface area contributed by atoms with Gasteiger partial charge in [-0.15, -0.1) is 0 Å². The highest BCUT2D eigenvalue weighted by atomic mass is 16.5. The molecule has 48 heavy (non-hydrogen) atoms. The van der Waals surface area contributed by atoms with Crippen LogP contribution in [0.15, 0.2) is 24.4 Å². The number of ether oxygens (including phenoxy) is 1. The third-order valence-corrected chi connectivity index (χ3v) is 10.5. The molecule has 12 heteroatoms. The van der Waals surface area contributed by atoms with Crippen molar-refractivity contribution in [2.45, 2.75) is 90.3 Å². The summed E-state index contributed by atoms with van der Waals surface area (Å²) in [6.45, 7) is 13.1. The molecule has 6 rings (SSSR count). The number of nitrogens with zero attached hydrogens (tertiary/aromatic N) is 6. The van der Waals surface area contributed by atoms with Gasteiger partial charge in [0.1, 0.15) is 17.5 Å². The lowest BCUT2D eigenvalue weighted by molar-refractivity contribution is -0.120. The molecule has 3 fully saturated rings. The molecule has 12 nitrogen and oxygen atoms in total. The average Bonchev–Trinajstić information content (AvgIpc) is 3.92. The number of rotatable bonds is 13. The van der Waals surface area contributed by atoms with E-state index < -0.39 is 0 Å². The molecule has 1 atom stereocenters. The average molecular weight is 662 g/mol. The predicted octanol–water partition coefficient (Wildman–Crippen LogP) is 4.41. The first-order valence-corrected chi connectivity index (χ1v) is 18.1. The normalized spacial score (nSPS) is 23.7. The van der Waals surface area contributed by atoms with Gasteiger partial charge in [-0.05, 0) is 81.4 Å². The number of carbonyl (C=O) groups excluding carboxylic acids is 2. The van der Waals surface area contributed by atoms with Crippen LogP contribution in [0.25, 0.3) is 0 Å². The molecule has 2 aliphatic carbocycles. The molecule has 1 aromatic carbocycles. The molecule has 2 aromatic rings. The van der Waals surface area contributed by atoms with Gasteiger partial charge in [-0.25, -0.2) is 10.4 Å². The number of hydrogen-bond acceptors (Lipinski definition) is 10. The van der Waals surface area contributed by atoms with E-state index in [0.717, 1.165) is 44.6 Å². The summed E-state index contributed by atoms with van der Waals surface area (Å²) in [5, 5.41) is 8.45. The molecule has 262 valence electrons. The van der Waals surface area contributed by atoms with E-state index in [1.165, 1.54) is 45.6 Å². The van der Waals surface area contributed by atoms with Crippen LogP contribution in [0.2, 0.25) is 0 Å². The predicted molar refractivity (Wildman–Crippen MR) is 190 cm³/mol. The van der Waals surface area contributed by atoms with E-state index in [2.05, 4.69) is 44.7 Å². The first-order valence-electron chi connectivity index (χ1n) is 18.1. The molecular weight excluding hydrogens is 606 g/mol. The maximum absolute atomic E-state index is 13.3. The number of benzene rings is 1. The summed E-state index contributed by atoms with van der Waals surface area (Å²) in [5.41, 5.74) is 5.31. The molecule has 2 aliphatic heterocycles. The standard InChI is InChI=1S/C36H55N9O3/c1-6-30-35(47)42(4)31-22-37-36(41-33(31)45(30)38-16-15-24(2)3)40-29-14-9-26(21-32(29)48-5)34(46)39-27-10-12-28(13-11-27)44-19-17-43(18-20-44)23-25-7-8-25/h9,14,21-22,24-25,27-28,30,38H,6-8,10-13,15-20,23H2,1-5H3,(H,39,46)(H,37,40,41). The van der Waals surface area contributed by atoms with E-state index >= 15 is 0 Å². The highest BCUT2D eigenvalue weighted by Crippen LogP contribution is 2.36. The number of methoxy groups -OCH3 is 1. The van der Waals surface area contributed by atoms with Crippen molar-refractivity contribution in [3.05, 3.63) is 30.0 Å². The number of hydrazine groups is 1. The summed E-state index contributed by atoms with van der Waals surface area (Å²) in [6.07, 6.45) is 10.4. The molecule has 3 N–H and O–H groups in total. The van der Waals surface area contributed by atoms with Crippen molar-refractivity contribution in [1.82, 2.24) is 30.5 Å². The number of hydrogen-bond donors (Lipinski definition) is 3. The summed E-state index contributed by atoms with van der Waals surface area (Å²) in [4.78, 5) is 42.8. The van der Waals surface area contributed by atoms with Gasteiger partial charge in [0.05, 0.1) is 19.0 Å². The van der Waals surface area contributed by atoms with Gasteiger partial charge in [0.25, 0.3) is 11.8 Å². The van der Waals surface area contributed by atoms with Crippen molar-refractivity contribution in [1.29, 1.82) is 0 Å². The lowest BCUT2D eigenvalue weighted by Gasteiger charge is -2.42. The monoisotopic (exact) mass is 661 g/mol. The zero-order valence-corrected chi connectivity index (χ0v) is 29.5. The molecule has 1 saturated heterocycles. The Hall–Kier alpha value is -3.48. The summed E-state index contributed by atoms with van der Waals surface area (Å²) in [7, 11) is 3.36. The number of likely N-dealkylation sites (N-methyl/N-ethyl adjacent to an activating group) is 1. The number of piperazine rings is 1. The molecular formula is C36H55N9O3. The van der Waals surface area contributed by atoms with Crippen LogP contribution in [-0.4, -0.2) is 103 Å². The van der Waals surface area contributed by atoms with E-state index in [-0.39, 0.29) is 23.9 Å². The zero-order chi connectivity index (χ0) is 33.8. The van der Waals surface area contributed by atoms with Crippen molar-refractivity contribution in [2.24, 2.45) is 11.8 Å². The van der Waals surface area contributed by atoms with Gasteiger partial charge in [0.2, 0.25) is 5.95 Å². The van der Waals surface area contributed by atoms with Crippen LogP contribution < -0.4 is 30.7 Å². The Morgan fingerprint density at radius 1 is 1.06 bits per heavy atom. The zero-order valence-electron chi connectivity index (χ0n) is 29.5. The second-order valence-electron chi connectivity index (χ2n) is 14.5. The Bertz CT molecular complexity index is 1420. The Balaban J connectivity index is 1.06. The molecule has 0 bridgehead atoms. The fourth-order valence-electron chi connectivity index (χ4n) is 7.34. The quantitative estimate of drug-likeness (QED) is 0.285. The summed E-state index contributed by atoms with van der Waals surface area (Å²) >= 11 is 0. The Morgan fingerprint density at radius 3 is 2.48 bits per heavy atom. The number of carbonyl (C=O) groups is 2. The minimum Gasteiger partial charge on any atom is -0.495 e. The number of amides is 2. The lowest BCUT2D eigenvalue weighted by atomic mass is 9.89. The van der Waals surface area contributed by atoms with E-state index in [9.17, 15) is 9.59 Å². The fourth-order valence-corrected chi connectivity index (χ4v) is 7.34. The number of aromatic nitrogens is 2. The van der Waals surface area contributed by atoms with E-state index in [4.69, 9.17) is 9.72 Å². The van der Waals surface area contributed by atoms with Crippen LogP contribution in [0.1, 0.15) is 82.5 Å². The molecule has 2 amide bonds. The molecule has 1 unspecified atom stereocenters. The molecule has 1 aromatic heterocycles. The molecule has 2 saturated carbocycles. The maximum Gasteiger partial charge on any atom is 0.251 e.